The maximum absolute atomic E-state index is 11.5. The molecule has 1 aliphatic heterocycles. The Bertz CT molecular complexity index is 401. The van der Waals surface area contributed by atoms with E-state index in [9.17, 15) is 4.79 Å². The molecule has 0 aromatic heterocycles. The molecule has 16 heavy (non-hydrogen) atoms. The summed E-state index contributed by atoms with van der Waals surface area (Å²) in [6, 6.07) is 6.11. The lowest BCUT2D eigenvalue weighted by molar-refractivity contribution is -0.116. The third-order valence-corrected chi connectivity index (χ3v) is 3.04. The van der Waals surface area contributed by atoms with E-state index in [0.717, 1.165) is 30.6 Å². The van der Waals surface area contributed by atoms with Crippen molar-refractivity contribution in [1.82, 2.24) is 0 Å². The van der Waals surface area contributed by atoms with Gasteiger partial charge in [-0.3, -0.25) is 4.79 Å². The van der Waals surface area contributed by atoms with E-state index in [1.807, 2.05) is 17.0 Å². The topological polar surface area (TPSA) is 40.5 Å². The number of fused-ring (bicyclic) bond motifs is 1. The van der Waals surface area contributed by atoms with Crippen molar-refractivity contribution in [3.63, 3.8) is 0 Å². The van der Waals surface area contributed by atoms with Crippen LogP contribution in [0.25, 0.3) is 0 Å². The molecule has 0 saturated carbocycles. The zero-order chi connectivity index (χ0) is 11.5. The van der Waals surface area contributed by atoms with Gasteiger partial charge in [0.25, 0.3) is 0 Å². The van der Waals surface area contributed by atoms with Crippen LogP contribution >= 0.6 is 0 Å². The Labute approximate surface area is 95.7 Å². The third kappa shape index (κ3) is 2.09. The van der Waals surface area contributed by atoms with Crippen LogP contribution in [-0.2, 0) is 17.6 Å². The highest BCUT2D eigenvalue weighted by Gasteiger charge is 2.19. The smallest absolute Gasteiger partial charge is 0.223 e. The van der Waals surface area contributed by atoms with Crippen LogP contribution in [0.4, 0.5) is 5.69 Å². The molecule has 0 unspecified atom stereocenters. The van der Waals surface area contributed by atoms with E-state index in [2.05, 4.69) is 6.07 Å². The van der Waals surface area contributed by atoms with Crippen LogP contribution in [0.5, 0.6) is 0 Å². The largest absolute Gasteiger partial charge is 0.396 e. The summed E-state index contributed by atoms with van der Waals surface area (Å²) in [5.41, 5.74) is 3.42. The summed E-state index contributed by atoms with van der Waals surface area (Å²) in [4.78, 5) is 13.3. The van der Waals surface area contributed by atoms with E-state index in [1.165, 1.54) is 5.56 Å². The predicted octanol–water partition coefficient (Wildman–Crippen LogP) is 1.52. The molecule has 0 saturated heterocycles. The second-order valence-corrected chi connectivity index (χ2v) is 4.21. The number of carbonyl (C=O) groups is 1. The Balaban J connectivity index is 2.33. The Morgan fingerprint density at radius 2 is 2.31 bits per heavy atom. The molecule has 2 rings (SSSR count). The number of aliphatic hydroxyl groups excluding tert-OH is 1. The molecule has 3 heteroatoms. The molecule has 1 N–H and O–H groups in total. The van der Waals surface area contributed by atoms with E-state index in [-0.39, 0.29) is 12.5 Å². The fraction of sp³-hybridized carbons (Fsp3) is 0.462. The first-order valence-corrected chi connectivity index (χ1v) is 5.73. The summed E-state index contributed by atoms with van der Waals surface area (Å²) in [5, 5.41) is 8.90. The number of aryl methyl sites for hydroxylation is 1. The molecule has 1 aromatic carbocycles. The second-order valence-electron chi connectivity index (χ2n) is 4.21. The summed E-state index contributed by atoms with van der Waals surface area (Å²) in [7, 11) is 0. The number of carbonyl (C=O) groups excluding carboxylic acids is 1. The van der Waals surface area contributed by atoms with Gasteiger partial charge in [-0.15, -0.1) is 0 Å². The van der Waals surface area contributed by atoms with Crippen molar-refractivity contribution >= 4 is 11.6 Å². The molecule has 0 atom stereocenters. The molecular formula is C13H17NO2. The van der Waals surface area contributed by atoms with E-state index in [4.69, 9.17) is 5.11 Å². The van der Waals surface area contributed by atoms with Crippen molar-refractivity contribution in [3.05, 3.63) is 29.3 Å². The Hall–Kier alpha value is -1.35. The maximum atomic E-state index is 11.5. The standard InChI is InChI=1S/C13H17NO2/c1-10(16)14-7-2-3-12-9-11(6-8-15)4-5-13(12)14/h4-5,9,15H,2-3,6-8H2,1H3. The van der Waals surface area contributed by atoms with Gasteiger partial charge in [-0.2, -0.15) is 0 Å². The van der Waals surface area contributed by atoms with Gasteiger partial charge in [0.15, 0.2) is 0 Å². The number of aliphatic hydroxyl groups is 1. The number of nitrogens with zero attached hydrogens (tertiary/aromatic N) is 1. The van der Waals surface area contributed by atoms with Gasteiger partial charge in [0.2, 0.25) is 5.91 Å². The highest BCUT2D eigenvalue weighted by atomic mass is 16.2. The quantitative estimate of drug-likeness (QED) is 0.819. The Morgan fingerprint density at radius 3 is 3.00 bits per heavy atom. The van der Waals surface area contributed by atoms with Gasteiger partial charge in [-0.05, 0) is 36.5 Å². The van der Waals surface area contributed by atoms with Crippen molar-refractivity contribution in [2.75, 3.05) is 18.1 Å². The van der Waals surface area contributed by atoms with Gasteiger partial charge in [0.1, 0.15) is 0 Å². The minimum atomic E-state index is 0.107. The van der Waals surface area contributed by atoms with Crippen molar-refractivity contribution in [2.24, 2.45) is 0 Å². The summed E-state index contributed by atoms with van der Waals surface area (Å²) in [6.07, 6.45) is 2.74. The fourth-order valence-electron chi connectivity index (χ4n) is 2.26. The second kappa shape index (κ2) is 4.66. The minimum absolute atomic E-state index is 0.107. The van der Waals surface area contributed by atoms with E-state index in [0.29, 0.717) is 6.42 Å². The van der Waals surface area contributed by atoms with Crippen LogP contribution in [-0.4, -0.2) is 24.2 Å². The first-order chi connectivity index (χ1) is 7.72. The monoisotopic (exact) mass is 219 g/mol. The van der Waals surface area contributed by atoms with Gasteiger partial charge in [0.05, 0.1) is 0 Å². The highest BCUT2D eigenvalue weighted by molar-refractivity contribution is 5.92. The average Bonchev–Trinajstić information content (AvgIpc) is 2.28. The van der Waals surface area contributed by atoms with Crippen molar-refractivity contribution in [2.45, 2.75) is 26.2 Å². The number of hydrogen-bond donors (Lipinski definition) is 1. The fourth-order valence-corrected chi connectivity index (χ4v) is 2.26. The molecule has 1 aromatic rings. The van der Waals surface area contributed by atoms with Crippen LogP contribution in [0.2, 0.25) is 0 Å². The number of benzene rings is 1. The molecule has 0 aliphatic carbocycles. The number of anilines is 1. The first-order valence-electron chi connectivity index (χ1n) is 5.73. The van der Waals surface area contributed by atoms with Crippen LogP contribution in [0.3, 0.4) is 0 Å². The molecule has 1 aliphatic rings. The number of rotatable bonds is 2. The van der Waals surface area contributed by atoms with Gasteiger partial charge in [0, 0.05) is 25.8 Å². The molecule has 0 radical (unpaired) electrons. The van der Waals surface area contributed by atoms with Crippen molar-refractivity contribution in [1.29, 1.82) is 0 Å². The van der Waals surface area contributed by atoms with Crippen LogP contribution in [0.15, 0.2) is 18.2 Å². The normalized spacial score (nSPS) is 14.8. The van der Waals surface area contributed by atoms with Crippen LogP contribution < -0.4 is 4.90 Å². The van der Waals surface area contributed by atoms with Crippen molar-refractivity contribution < 1.29 is 9.90 Å². The van der Waals surface area contributed by atoms with E-state index < -0.39 is 0 Å². The molecule has 0 fully saturated rings. The lowest BCUT2D eigenvalue weighted by Crippen LogP contribution is -2.33. The van der Waals surface area contributed by atoms with Gasteiger partial charge in [-0.25, -0.2) is 0 Å². The molecule has 1 heterocycles. The zero-order valence-corrected chi connectivity index (χ0v) is 9.57. The summed E-state index contributed by atoms with van der Waals surface area (Å²) >= 11 is 0. The molecule has 3 nitrogen and oxygen atoms in total. The zero-order valence-electron chi connectivity index (χ0n) is 9.57. The highest BCUT2D eigenvalue weighted by Crippen LogP contribution is 2.28. The third-order valence-electron chi connectivity index (χ3n) is 3.04. The van der Waals surface area contributed by atoms with Gasteiger partial charge < -0.3 is 10.0 Å². The number of hydrogen-bond acceptors (Lipinski definition) is 2. The molecular weight excluding hydrogens is 202 g/mol. The molecule has 0 bridgehead atoms. The lowest BCUT2D eigenvalue weighted by atomic mass is 9.98. The molecule has 0 spiro atoms. The van der Waals surface area contributed by atoms with Crippen LogP contribution in [0, 0.1) is 0 Å². The summed E-state index contributed by atoms with van der Waals surface area (Å²) < 4.78 is 0. The van der Waals surface area contributed by atoms with E-state index >= 15 is 0 Å². The Kier molecular flexibility index (Phi) is 3.25. The summed E-state index contributed by atoms with van der Waals surface area (Å²) in [5.74, 6) is 0.107. The summed E-state index contributed by atoms with van der Waals surface area (Å²) in [6.45, 7) is 2.60. The minimum Gasteiger partial charge on any atom is -0.396 e. The number of amides is 1. The predicted molar refractivity (Wildman–Crippen MR) is 63.6 cm³/mol. The maximum Gasteiger partial charge on any atom is 0.223 e. The average molecular weight is 219 g/mol. The lowest BCUT2D eigenvalue weighted by Gasteiger charge is -2.28. The van der Waals surface area contributed by atoms with E-state index in [1.54, 1.807) is 6.92 Å². The van der Waals surface area contributed by atoms with Crippen LogP contribution in [0.1, 0.15) is 24.5 Å². The molecule has 1 amide bonds. The van der Waals surface area contributed by atoms with Gasteiger partial charge >= 0.3 is 0 Å². The molecule has 86 valence electrons. The van der Waals surface area contributed by atoms with Crippen molar-refractivity contribution in [3.8, 4) is 0 Å². The Morgan fingerprint density at radius 1 is 1.50 bits per heavy atom. The SMILES string of the molecule is CC(=O)N1CCCc2cc(CCO)ccc21. The van der Waals surface area contributed by atoms with Gasteiger partial charge in [-0.1, -0.05) is 12.1 Å². The first kappa shape index (κ1) is 11.1.